The van der Waals surface area contributed by atoms with Crippen LogP contribution in [0.1, 0.15) is 11.1 Å². The molecule has 0 saturated heterocycles. The molecule has 2 aliphatic heterocycles. The Morgan fingerprint density at radius 3 is 2.83 bits per heavy atom. The summed E-state index contributed by atoms with van der Waals surface area (Å²) in [7, 11) is 1.62. The van der Waals surface area contributed by atoms with E-state index in [-0.39, 0.29) is 18.4 Å². The zero-order valence-corrected chi connectivity index (χ0v) is 15.5. The van der Waals surface area contributed by atoms with Gasteiger partial charge in [0.1, 0.15) is 18.1 Å². The Kier molecular flexibility index (Phi) is 3.84. The summed E-state index contributed by atoms with van der Waals surface area (Å²) in [6.07, 6.45) is 0. The van der Waals surface area contributed by atoms with E-state index >= 15 is 0 Å². The summed E-state index contributed by atoms with van der Waals surface area (Å²) in [6.45, 7) is 0.155. The summed E-state index contributed by atoms with van der Waals surface area (Å²) in [5, 5.41) is 3.34. The number of halogens is 1. The number of benzene rings is 3. The van der Waals surface area contributed by atoms with Gasteiger partial charge in [-0.1, -0.05) is 6.07 Å². The lowest BCUT2D eigenvalue weighted by molar-refractivity contribution is 0.262. The monoisotopic (exact) mass is 390 g/mol. The topological polar surface area (TPSA) is 78.1 Å². The normalized spacial score (nSPS) is 18.9. The van der Waals surface area contributed by atoms with Crippen LogP contribution in [0.3, 0.4) is 0 Å². The highest BCUT2D eigenvalue weighted by molar-refractivity contribution is 5.77. The number of hydrogen-bond donors (Lipinski definition) is 2. The average Bonchev–Trinajstić information content (AvgIpc) is 3.12. The fraction of sp³-hybridized carbons (Fsp3) is 0.136. The standard InChI is InChI=1S/C22H17FN3O3/c1-27-15-5-2-4-13(10-15)25-14-8-9-19-17(11-14)22(12-28-21(24)26-22)16-6-3-7-18(23)20(16)29-19/h2,4-11,25H,12H2,1H3,(H2,24,26)/t22-/m1/s1. The Morgan fingerprint density at radius 1 is 1.17 bits per heavy atom. The summed E-state index contributed by atoms with van der Waals surface area (Å²) < 4.78 is 31.1. The van der Waals surface area contributed by atoms with Gasteiger partial charge in [0, 0.05) is 28.6 Å². The predicted molar refractivity (Wildman–Crippen MR) is 106 cm³/mol. The maximum absolute atomic E-state index is 14.4. The van der Waals surface area contributed by atoms with Crippen LogP contribution < -0.4 is 20.5 Å². The molecule has 0 bridgehead atoms. The molecule has 0 unspecified atom stereocenters. The van der Waals surface area contributed by atoms with Gasteiger partial charge in [-0.3, -0.25) is 0 Å². The molecular weight excluding hydrogens is 373 g/mol. The van der Waals surface area contributed by atoms with E-state index in [1.54, 1.807) is 19.2 Å². The van der Waals surface area contributed by atoms with E-state index in [4.69, 9.17) is 19.9 Å². The van der Waals surface area contributed by atoms with Crippen molar-refractivity contribution < 1.29 is 18.6 Å². The van der Waals surface area contributed by atoms with E-state index in [2.05, 4.69) is 16.4 Å². The Balaban J connectivity index is 1.62. The van der Waals surface area contributed by atoms with Gasteiger partial charge in [-0.05, 0) is 48.5 Å². The van der Waals surface area contributed by atoms with Crippen LogP contribution in [0.4, 0.5) is 15.8 Å². The van der Waals surface area contributed by atoms with E-state index in [1.165, 1.54) is 6.07 Å². The fourth-order valence-corrected chi connectivity index (χ4v) is 3.72. The number of nitrogens with zero attached hydrogens (tertiary/aromatic N) is 1. The van der Waals surface area contributed by atoms with Gasteiger partial charge in [0.2, 0.25) is 0 Å². The van der Waals surface area contributed by atoms with Crippen molar-refractivity contribution in [1.29, 1.82) is 0 Å². The number of fused-ring (bicyclic) bond motifs is 4. The molecule has 0 fully saturated rings. The van der Waals surface area contributed by atoms with Gasteiger partial charge in [-0.25, -0.2) is 9.38 Å². The lowest BCUT2D eigenvalue weighted by Crippen LogP contribution is -2.31. The first-order valence-electron chi connectivity index (χ1n) is 9.01. The Hall–Kier alpha value is -3.74. The molecule has 29 heavy (non-hydrogen) atoms. The number of amidine groups is 1. The van der Waals surface area contributed by atoms with Crippen LogP contribution in [-0.2, 0) is 10.3 Å². The van der Waals surface area contributed by atoms with Crippen LogP contribution in [-0.4, -0.2) is 19.7 Å². The van der Waals surface area contributed by atoms with Gasteiger partial charge >= 0.3 is 0 Å². The van der Waals surface area contributed by atoms with Gasteiger partial charge < -0.3 is 25.3 Å². The lowest BCUT2D eigenvalue weighted by atomic mass is 9.81. The number of methoxy groups -OCH3 is 1. The van der Waals surface area contributed by atoms with E-state index in [0.29, 0.717) is 11.3 Å². The number of rotatable bonds is 3. The smallest absolute Gasteiger partial charge is 0.283 e. The number of nitrogens with two attached hydrogens (primary N) is 1. The lowest BCUT2D eigenvalue weighted by Gasteiger charge is -2.33. The summed E-state index contributed by atoms with van der Waals surface area (Å²) in [5.74, 6) is 0.855. The van der Waals surface area contributed by atoms with Crippen molar-refractivity contribution in [1.82, 2.24) is 0 Å². The molecule has 0 saturated carbocycles. The van der Waals surface area contributed by atoms with Crippen molar-refractivity contribution in [3.63, 3.8) is 0 Å². The second kappa shape index (κ2) is 6.41. The van der Waals surface area contributed by atoms with Gasteiger partial charge in [0.05, 0.1) is 7.11 Å². The summed E-state index contributed by atoms with van der Waals surface area (Å²) >= 11 is 0. The second-order valence-electron chi connectivity index (χ2n) is 6.82. The van der Waals surface area contributed by atoms with Crippen molar-refractivity contribution >= 4 is 17.4 Å². The Labute approximate surface area is 166 Å². The zero-order chi connectivity index (χ0) is 20.0. The van der Waals surface area contributed by atoms with Crippen LogP contribution >= 0.6 is 0 Å². The second-order valence-corrected chi connectivity index (χ2v) is 6.82. The number of nitrogens with one attached hydrogen (secondary N) is 1. The summed E-state index contributed by atoms with van der Waals surface area (Å²) in [4.78, 5) is 4.54. The Morgan fingerprint density at radius 2 is 2.03 bits per heavy atom. The molecule has 7 heteroatoms. The molecule has 0 aliphatic carbocycles. The summed E-state index contributed by atoms with van der Waals surface area (Å²) in [5.41, 5.74) is 7.79. The highest BCUT2D eigenvalue weighted by Crippen LogP contribution is 2.52. The molecule has 145 valence electrons. The molecule has 3 aromatic carbocycles. The molecule has 2 aliphatic rings. The highest BCUT2D eigenvalue weighted by Gasteiger charge is 2.47. The molecule has 6 nitrogen and oxygen atoms in total. The average molecular weight is 390 g/mol. The van der Waals surface area contributed by atoms with Crippen LogP contribution in [0.5, 0.6) is 17.2 Å². The predicted octanol–water partition coefficient (Wildman–Crippen LogP) is 4.07. The van der Waals surface area contributed by atoms with E-state index < -0.39 is 11.4 Å². The third kappa shape index (κ3) is 2.74. The van der Waals surface area contributed by atoms with Crippen molar-refractivity contribution in [2.45, 2.75) is 5.54 Å². The number of anilines is 2. The van der Waals surface area contributed by atoms with Crippen LogP contribution in [0.15, 0.2) is 59.6 Å². The van der Waals surface area contributed by atoms with Crippen LogP contribution in [0.25, 0.3) is 0 Å². The van der Waals surface area contributed by atoms with Gasteiger partial charge in [-0.15, -0.1) is 0 Å². The Bertz CT molecular complexity index is 1150. The van der Waals surface area contributed by atoms with Crippen molar-refractivity contribution in [3.05, 3.63) is 77.6 Å². The molecule has 0 aromatic heterocycles. The minimum atomic E-state index is -0.988. The minimum Gasteiger partial charge on any atom is -0.497 e. The van der Waals surface area contributed by atoms with Gasteiger partial charge in [0.25, 0.3) is 6.02 Å². The van der Waals surface area contributed by atoms with Crippen molar-refractivity contribution in [2.75, 3.05) is 19.0 Å². The molecule has 1 spiro atoms. The number of ether oxygens (including phenoxy) is 3. The molecule has 5 rings (SSSR count). The minimum absolute atomic E-state index is 0.0548. The third-order valence-corrected chi connectivity index (χ3v) is 5.07. The molecule has 1 radical (unpaired) electrons. The van der Waals surface area contributed by atoms with Crippen molar-refractivity contribution in [3.8, 4) is 17.2 Å². The van der Waals surface area contributed by atoms with Crippen LogP contribution in [0.2, 0.25) is 0 Å². The van der Waals surface area contributed by atoms with Gasteiger partial charge in [0.15, 0.2) is 17.1 Å². The SMILES string of the molecule is COc1cccc(Nc2ccc3c(c2)[C@@]2(COC(N)=N2)c2c[c]cc(F)c2O3)c1. The summed E-state index contributed by atoms with van der Waals surface area (Å²) in [6, 6.07) is 18.9. The van der Waals surface area contributed by atoms with E-state index in [0.717, 1.165) is 22.7 Å². The molecule has 3 N–H and O–H groups in total. The molecular formula is C22H17FN3O3. The molecule has 1 atom stereocenters. The first-order valence-corrected chi connectivity index (χ1v) is 9.01. The maximum Gasteiger partial charge on any atom is 0.283 e. The van der Waals surface area contributed by atoms with Gasteiger partial charge in [-0.2, -0.15) is 0 Å². The largest absolute Gasteiger partial charge is 0.497 e. The molecule has 0 amide bonds. The van der Waals surface area contributed by atoms with Crippen molar-refractivity contribution in [2.24, 2.45) is 10.7 Å². The molecule has 3 aromatic rings. The zero-order valence-electron chi connectivity index (χ0n) is 15.5. The number of hydrogen-bond acceptors (Lipinski definition) is 6. The van der Waals surface area contributed by atoms with E-state index in [9.17, 15) is 4.39 Å². The van der Waals surface area contributed by atoms with E-state index in [1.807, 2.05) is 36.4 Å². The quantitative estimate of drug-likeness (QED) is 0.705. The fourth-order valence-electron chi connectivity index (χ4n) is 3.72. The maximum atomic E-state index is 14.4. The highest BCUT2D eigenvalue weighted by atomic mass is 19.1. The first kappa shape index (κ1) is 17.4. The first-order chi connectivity index (χ1) is 14.1. The number of aliphatic imine (C=N–C) groups is 1. The van der Waals surface area contributed by atoms with Crippen LogP contribution in [0, 0.1) is 11.9 Å². The third-order valence-electron chi connectivity index (χ3n) is 5.07. The molecule has 2 heterocycles.